The van der Waals surface area contributed by atoms with Gasteiger partial charge in [-0.3, -0.25) is 4.90 Å². The van der Waals surface area contributed by atoms with Gasteiger partial charge in [0.15, 0.2) is 0 Å². The van der Waals surface area contributed by atoms with Crippen LogP contribution in [0.2, 0.25) is 0 Å². The smallest absolute Gasteiger partial charge is 0.321 e. The Labute approximate surface area is 126 Å². The van der Waals surface area contributed by atoms with E-state index in [1.54, 1.807) is 0 Å². The van der Waals surface area contributed by atoms with Gasteiger partial charge in [0.2, 0.25) is 0 Å². The molecule has 1 saturated heterocycles. The number of carbonyl (C=O) groups excluding carboxylic acids is 1. The first-order chi connectivity index (χ1) is 10.1. The molecule has 1 heterocycles. The maximum Gasteiger partial charge on any atom is 0.321 e. The Morgan fingerprint density at radius 1 is 1.19 bits per heavy atom. The minimum Gasteiger partial charge on any atom is -0.494 e. The lowest BCUT2D eigenvalue weighted by Gasteiger charge is -2.36. The molecule has 5 nitrogen and oxygen atoms in total. The zero-order chi connectivity index (χ0) is 15.2. The van der Waals surface area contributed by atoms with E-state index in [-0.39, 0.29) is 6.03 Å². The Bertz CT molecular complexity index is 451. The maximum absolute atomic E-state index is 12.2. The molecule has 1 aliphatic rings. The Balaban J connectivity index is 1.84. The summed E-state index contributed by atoms with van der Waals surface area (Å²) in [4.78, 5) is 16.5. The number of rotatable bonds is 4. The molecule has 0 saturated carbocycles. The zero-order valence-electron chi connectivity index (χ0n) is 13.1. The van der Waals surface area contributed by atoms with Crippen LogP contribution in [-0.2, 0) is 0 Å². The van der Waals surface area contributed by atoms with Crippen LogP contribution in [0.25, 0.3) is 0 Å². The molecule has 0 unspecified atom stereocenters. The lowest BCUT2D eigenvalue weighted by atomic mass is 10.2. The fourth-order valence-corrected chi connectivity index (χ4v) is 2.45. The van der Waals surface area contributed by atoms with Gasteiger partial charge in [-0.1, -0.05) is 0 Å². The van der Waals surface area contributed by atoms with Gasteiger partial charge in [0.25, 0.3) is 0 Å². The van der Waals surface area contributed by atoms with Crippen LogP contribution in [0.4, 0.5) is 10.5 Å². The second-order valence-corrected chi connectivity index (χ2v) is 5.50. The number of hydrogen-bond donors (Lipinski definition) is 1. The van der Waals surface area contributed by atoms with Crippen molar-refractivity contribution < 1.29 is 9.53 Å². The number of hydrogen-bond acceptors (Lipinski definition) is 3. The van der Waals surface area contributed by atoms with E-state index in [2.05, 4.69) is 24.1 Å². The molecule has 0 bridgehead atoms. The molecule has 0 radical (unpaired) electrons. The SMILES string of the molecule is CCOc1ccc(NC(=O)N2CCN(C(C)C)CC2)cc1. The normalized spacial score (nSPS) is 16.1. The second kappa shape index (κ2) is 7.31. The lowest BCUT2D eigenvalue weighted by Crippen LogP contribution is -2.51. The van der Waals surface area contributed by atoms with E-state index in [0.29, 0.717) is 12.6 Å². The van der Waals surface area contributed by atoms with E-state index in [0.717, 1.165) is 37.6 Å². The third-order valence-electron chi connectivity index (χ3n) is 3.75. The predicted molar refractivity (Wildman–Crippen MR) is 84.9 cm³/mol. The quantitative estimate of drug-likeness (QED) is 0.927. The number of nitrogens with one attached hydrogen (secondary N) is 1. The van der Waals surface area contributed by atoms with Gasteiger partial charge in [-0.2, -0.15) is 0 Å². The molecule has 1 N–H and O–H groups in total. The van der Waals surface area contributed by atoms with Gasteiger partial charge in [-0.25, -0.2) is 4.79 Å². The molecule has 0 aliphatic carbocycles. The van der Waals surface area contributed by atoms with Crippen LogP contribution in [0.3, 0.4) is 0 Å². The summed E-state index contributed by atoms with van der Waals surface area (Å²) < 4.78 is 5.39. The topological polar surface area (TPSA) is 44.8 Å². The molecule has 0 spiro atoms. The summed E-state index contributed by atoms with van der Waals surface area (Å²) in [5, 5.41) is 2.94. The number of amides is 2. The summed E-state index contributed by atoms with van der Waals surface area (Å²) >= 11 is 0. The fraction of sp³-hybridized carbons (Fsp3) is 0.562. The van der Waals surface area contributed by atoms with E-state index < -0.39 is 0 Å². The fourth-order valence-electron chi connectivity index (χ4n) is 2.45. The van der Waals surface area contributed by atoms with E-state index in [1.807, 2.05) is 36.1 Å². The maximum atomic E-state index is 12.2. The van der Waals surface area contributed by atoms with E-state index in [4.69, 9.17) is 4.74 Å². The molecule has 0 atom stereocenters. The van der Waals surface area contributed by atoms with Crippen molar-refractivity contribution in [2.45, 2.75) is 26.8 Å². The summed E-state index contributed by atoms with van der Waals surface area (Å²) in [6.45, 7) is 10.4. The first-order valence-electron chi connectivity index (χ1n) is 7.63. The van der Waals surface area contributed by atoms with Gasteiger partial charge in [0, 0.05) is 37.9 Å². The molecule has 1 fully saturated rings. The molecule has 2 amide bonds. The predicted octanol–water partition coefficient (Wildman–Crippen LogP) is 2.64. The third-order valence-corrected chi connectivity index (χ3v) is 3.75. The summed E-state index contributed by atoms with van der Waals surface area (Å²) in [5.41, 5.74) is 0.801. The number of nitrogens with zero attached hydrogens (tertiary/aromatic N) is 2. The molecule has 1 aromatic carbocycles. The molecule has 1 aliphatic heterocycles. The minimum absolute atomic E-state index is 0.0254. The Hall–Kier alpha value is -1.75. The molecule has 1 aromatic rings. The summed E-state index contributed by atoms with van der Waals surface area (Å²) in [6.07, 6.45) is 0. The number of piperazine rings is 1. The van der Waals surface area contributed by atoms with Gasteiger partial charge >= 0.3 is 6.03 Å². The minimum atomic E-state index is -0.0254. The van der Waals surface area contributed by atoms with Crippen molar-refractivity contribution in [3.8, 4) is 5.75 Å². The van der Waals surface area contributed by atoms with Crippen LogP contribution in [0, 0.1) is 0 Å². The van der Waals surface area contributed by atoms with Crippen LogP contribution >= 0.6 is 0 Å². The molecule has 5 heteroatoms. The number of ether oxygens (including phenoxy) is 1. The van der Waals surface area contributed by atoms with Gasteiger partial charge in [-0.05, 0) is 45.0 Å². The summed E-state index contributed by atoms with van der Waals surface area (Å²) in [7, 11) is 0. The number of anilines is 1. The molecule has 21 heavy (non-hydrogen) atoms. The van der Waals surface area contributed by atoms with Crippen LogP contribution < -0.4 is 10.1 Å². The zero-order valence-corrected chi connectivity index (χ0v) is 13.1. The van der Waals surface area contributed by atoms with Gasteiger partial charge in [0.05, 0.1) is 6.61 Å². The highest BCUT2D eigenvalue weighted by atomic mass is 16.5. The molecule has 2 rings (SSSR count). The number of urea groups is 1. The summed E-state index contributed by atoms with van der Waals surface area (Å²) in [5.74, 6) is 0.820. The highest BCUT2D eigenvalue weighted by molar-refractivity contribution is 5.89. The Kier molecular flexibility index (Phi) is 5.44. The van der Waals surface area contributed by atoms with Crippen molar-refractivity contribution in [1.29, 1.82) is 0 Å². The number of benzene rings is 1. The number of carbonyl (C=O) groups is 1. The first-order valence-corrected chi connectivity index (χ1v) is 7.63. The monoisotopic (exact) mass is 291 g/mol. The van der Waals surface area contributed by atoms with Gasteiger partial charge in [-0.15, -0.1) is 0 Å². The van der Waals surface area contributed by atoms with Crippen LogP contribution in [0.1, 0.15) is 20.8 Å². The molecular formula is C16H25N3O2. The lowest BCUT2D eigenvalue weighted by molar-refractivity contribution is 0.125. The molecule has 116 valence electrons. The summed E-state index contributed by atoms with van der Waals surface area (Å²) in [6, 6.07) is 8.00. The highest BCUT2D eigenvalue weighted by Gasteiger charge is 2.22. The molecular weight excluding hydrogens is 266 g/mol. The van der Waals surface area contributed by atoms with Crippen molar-refractivity contribution in [2.75, 3.05) is 38.1 Å². The van der Waals surface area contributed by atoms with E-state index in [1.165, 1.54) is 0 Å². The average molecular weight is 291 g/mol. The second-order valence-electron chi connectivity index (χ2n) is 5.50. The van der Waals surface area contributed by atoms with Crippen molar-refractivity contribution in [1.82, 2.24) is 9.80 Å². The van der Waals surface area contributed by atoms with Gasteiger partial charge < -0.3 is 15.0 Å². The standard InChI is InChI=1S/C16H25N3O2/c1-4-21-15-7-5-14(6-8-15)17-16(20)19-11-9-18(10-12-19)13(2)3/h5-8,13H,4,9-12H2,1-3H3,(H,17,20). The first kappa shape index (κ1) is 15.6. The van der Waals surface area contributed by atoms with Crippen LogP contribution in [-0.4, -0.2) is 54.7 Å². The van der Waals surface area contributed by atoms with Crippen molar-refractivity contribution >= 4 is 11.7 Å². The van der Waals surface area contributed by atoms with E-state index >= 15 is 0 Å². The van der Waals surface area contributed by atoms with Crippen molar-refractivity contribution in [3.63, 3.8) is 0 Å². The van der Waals surface area contributed by atoms with Crippen LogP contribution in [0.15, 0.2) is 24.3 Å². The van der Waals surface area contributed by atoms with Gasteiger partial charge in [0.1, 0.15) is 5.75 Å². The van der Waals surface area contributed by atoms with Crippen LogP contribution in [0.5, 0.6) is 5.75 Å². The Morgan fingerprint density at radius 3 is 2.33 bits per heavy atom. The van der Waals surface area contributed by atoms with E-state index in [9.17, 15) is 4.79 Å². The Morgan fingerprint density at radius 2 is 1.81 bits per heavy atom. The third kappa shape index (κ3) is 4.36. The largest absolute Gasteiger partial charge is 0.494 e. The molecule has 0 aromatic heterocycles. The van der Waals surface area contributed by atoms with Crippen molar-refractivity contribution in [2.24, 2.45) is 0 Å². The average Bonchev–Trinajstić information content (AvgIpc) is 2.49. The van der Waals surface area contributed by atoms with Crippen molar-refractivity contribution in [3.05, 3.63) is 24.3 Å². The highest BCUT2D eigenvalue weighted by Crippen LogP contribution is 2.16.